The third kappa shape index (κ3) is 6.90. The molecule has 2 fully saturated rings. The predicted octanol–water partition coefficient (Wildman–Crippen LogP) is 3.57. The Labute approximate surface area is 213 Å². The number of likely N-dealkylation sites (tertiary alicyclic amines) is 1. The second kappa shape index (κ2) is 12.9. The summed E-state index contributed by atoms with van der Waals surface area (Å²) < 4.78 is 5.57. The van der Waals surface area contributed by atoms with Gasteiger partial charge >= 0.3 is 0 Å². The van der Waals surface area contributed by atoms with Crippen molar-refractivity contribution >= 4 is 41.3 Å². The number of thiophene rings is 1. The zero-order valence-corrected chi connectivity index (χ0v) is 22.2. The lowest BCUT2D eigenvalue weighted by Gasteiger charge is -2.34. The van der Waals surface area contributed by atoms with E-state index in [0.29, 0.717) is 18.1 Å². The molecule has 2 aliphatic rings. The molecule has 176 valence electrons. The molecule has 3 atom stereocenters. The molecule has 32 heavy (non-hydrogen) atoms. The smallest absolute Gasteiger partial charge is 0.191 e. The second-order valence-electron chi connectivity index (χ2n) is 8.47. The van der Waals surface area contributed by atoms with Gasteiger partial charge in [0.1, 0.15) is 0 Å². The van der Waals surface area contributed by atoms with E-state index in [2.05, 4.69) is 80.2 Å². The highest BCUT2D eigenvalue weighted by Gasteiger charge is 2.30. The van der Waals surface area contributed by atoms with Crippen LogP contribution in [0.2, 0.25) is 0 Å². The van der Waals surface area contributed by atoms with Gasteiger partial charge in [0.25, 0.3) is 0 Å². The Hall–Kier alpha value is -1.20. The van der Waals surface area contributed by atoms with Crippen LogP contribution in [0.25, 0.3) is 0 Å². The van der Waals surface area contributed by atoms with Crippen LogP contribution in [0.4, 0.5) is 0 Å². The maximum Gasteiger partial charge on any atom is 0.191 e. The summed E-state index contributed by atoms with van der Waals surface area (Å²) in [4.78, 5) is 11.0. The number of ether oxygens (including phenoxy) is 1. The molecule has 2 aliphatic heterocycles. The van der Waals surface area contributed by atoms with Gasteiger partial charge in [-0.2, -0.15) is 0 Å². The van der Waals surface area contributed by atoms with Crippen molar-refractivity contribution in [2.24, 2.45) is 4.99 Å². The van der Waals surface area contributed by atoms with Gasteiger partial charge in [0.2, 0.25) is 0 Å². The van der Waals surface area contributed by atoms with E-state index in [1.807, 2.05) is 18.4 Å². The average Bonchev–Trinajstić information content (AvgIpc) is 3.45. The van der Waals surface area contributed by atoms with Crippen LogP contribution in [-0.2, 0) is 11.3 Å². The van der Waals surface area contributed by atoms with E-state index < -0.39 is 0 Å². The van der Waals surface area contributed by atoms with E-state index in [1.54, 1.807) is 0 Å². The molecule has 0 spiro atoms. The van der Waals surface area contributed by atoms with E-state index in [1.165, 1.54) is 10.4 Å². The van der Waals surface area contributed by atoms with Gasteiger partial charge in [-0.15, -0.1) is 35.3 Å². The molecule has 0 bridgehead atoms. The molecule has 3 heterocycles. The molecule has 4 rings (SSSR count). The molecule has 8 heteroatoms. The van der Waals surface area contributed by atoms with Crippen LogP contribution in [0.15, 0.2) is 52.8 Å². The number of halogens is 1. The van der Waals surface area contributed by atoms with Crippen molar-refractivity contribution in [3.05, 3.63) is 58.3 Å². The maximum absolute atomic E-state index is 5.57. The highest BCUT2D eigenvalue weighted by molar-refractivity contribution is 14.0. The summed E-state index contributed by atoms with van der Waals surface area (Å²) in [5.41, 5.74) is 1.38. The SMILES string of the molecule is CN=C(NCC(c1cccs1)N1CCOCC1)NC1CC(C)N(Cc2ccccc2)C1.I. The Morgan fingerprint density at radius 1 is 1.19 bits per heavy atom. The van der Waals surface area contributed by atoms with Crippen molar-refractivity contribution in [3.8, 4) is 0 Å². The molecule has 0 saturated carbocycles. The van der Waals surface area contributed by atoms with Gasteiger partial charge in [0, 0.05) is 56.7 Å². The summed E-state index contributed by atoms with van der Waals surface area (Å²) >= 11 is 1.83. The number of aliphatic imine (C=N–C) groups is 1. The Morgan fingerprint density at radius 3 is 2.66 bits per heavy atom. The van der Waals surface area contributed by atoms with Crippen LogP contribution in [0.5, 0.6) is 0 Å². The number of nitrogens with one attached hydrogen (secondary N) is 2. The Morgan fingerprint density at radius 2 is 1.97 bits per heavy atom. The van der Waals surface area contributed by atoms with Crippen molar-refractivity contribution in [3.63, 3.8) is 0 Å². The topological polar surface area (TPSA) is 52.1 Å². The number of guanidine groups is 1. The van der Waals surface area contributed by atoms with E-state index in [4.69, 9.17) is 4.74 Å². The van der Waals surface area contributed by atoms with Gasteiger partial charge in [-0.25, -0.2) is 0 Å². The standard InChI is InChI=1S/C24H35N5OS.HI/c1-19-15-21(18-29(19)17-20-7-4-3-5-8-20)27-24(25-2)26-16-22(23-9-6-14-31-23)28-10-12-30-13-11-28;/h3-9,14,19,21-22H,10-13,15-18H2,1-2H3,(H2,25,26,27);1H. The molecular weight excluding hydrogens is 533 g/mol. The summed E-state index contributed by atoms with van der Waals surface area (Å²) in [5.74, 6) is 0.897. The molecular formula is C24H36IN5OS. The quantitative estimate of drug-likeness (QED) is 0.304. The first kappa shape index (κ1) is 25.4. The summed E-state index contributed by atoms with van der Waals surface area (Å²) in [6.07, 6.45) is 1.13. The normalized spacial score (nSPS) is 23.5. The van der Waals surface area contributed by atoms with E-state index in [9.17, 15) is 0 Å². The summed E-state index contributed by atoms with van der Waals surface area (Å²) in [6, 6.07) is 16.4. The number of hydrogen-bond acceptors (Lipinski definition) is 5. The maximum atomic E-state index is 5.57. The van der Waals surface area contributed by atoms with Crippen LogP contribution >= 0.6 is 35.3 Å². The fourth-order valence-electron chi connectivity index (χ4n) is 4.60. The molecule has 6 nitrogen and oxygen atoms in total. The third-order valence-electron chi connectivity index (χ3n) is 6.32. The Bertz CT molecular complexity index is 813. The molecule has 3 unspecified atom stereocenters. The van der Waals surface area contributed by atoms with Crippen molar-refractivity contribution in [2.45, 2.75) is 38.0 Å². The molecule has 2 aromatic rings. The summed E-state index contributed by atoms with van der Waals surface area (Å²) in [5, 5.41) is 9.44. The first-order valence-corrected chi connectivity index (χ1v) is 12.2. The Kier molecular flexibility index (Phi) is 10.2. The van der Waals surface area contributed by atoms with Gasteiger partial charge in [-0.05, 0) is 30.4 Å². The van der Waals surface area contributed by atoms with Crippen LogP contribution in [0.3, 0.4) is 0 Å². The van der Waals surface area contributed by atoms with Gasteiger partial charge in [0.05, 0.1) is 19.3 Å². The van der Waals surface area contributed by atoms with Crippen LogP contribution < -0.4 is 10.6 Å². The lowest BCUT2D eigenvalue weighted by Crippen LogP contribution is -2.48. The first-order valence-electron chi connectivity index (χ1n) is 11.3. The van der Waals surface area contributed by atoms with Gasteiger partial charge < -0.3 is 15.4 Å². The van der Waals surface area contributed by atoms with Crippen molar-refractivity contribution in [2.75, 3.05) is 46.4 Å². The zero-order valence-electron chi connectivity index (χ0n) is 19.1. The summed E-state index contributed by atoms with van der Waals surface area (Å²) in [6.45, 7) is 8.79. The van der Waals surface area contributed by atoms with Gasteiger partial charge in [-0.3, -0.25) is 14.8 Å². The van der Waals surface area contributed by atoms with Gasteiger partial charge in [0.15, 0.2) is 5.96 Å². The largest absolute Gasteiger partial charge is 0.379 e. The molecule has 1 aromatic carbocycles. The fraction of sp³-hybridized carbons (Fsp3) is 0.542. The minimum Gasteiger partial charge on any atom is -0.379 e. The Balaban J connectivity index is 0.00000289. The molecule has 1 aromatic heterocycles. The number of hydrogen-bond donors (Lipinski definition) is 2. The number of rotatable bonds is 7. The van der Waals surface area contributed by atoms with E-state index >= 15 is 0 Å². The van der Waals surface area contributed by atoms with Crippen molar-refractivity contribution < 1.29 is 4.74 Å². The van der Waals surface area contributed by atoms with Crippen LogP contribution in [-0.4, -0.2) is 74.3 Å². The van der Waals surface area contributed by atoms with E-state index in [0.717, 1.165) is 58.3 Å². The highest BCUT2D eigenvalue weighted by atomic mass is 127. The molecule has 2 saturated heterocycles. The second-order valence-corrected chi connectivity index (χ2v) is 9.45. The van der Waals surface area contributed by atoms with Crippen molar-refractivity contribution in [1.82, 2.24) is 20.4 Å². The molecule has 0 radical (unpaired) electrons. The lowest BCUT2D eigenvalue weighted by atomic mass is 10.2. The molecule has 0 aliphatic carbocycles. The first-order chi connectivity index (χ1) is 15.2. The monoisotopic (exact) mass is 569 g/mol. The lowest BCUT2D eigenvalue weighted by molar-refractivity contribution is 0.0177. The number of morpholine rings is 1. The van der Waals surface area contributed by atoms with Crippen molar-refractivity contribution in [1.29, 1.82) is 0 Å². The third-order valence-corrected chi connectivity index (χ3v) is 7.29. The van der Waals surface area contributed by atoms with Crippen LogP contribution in [0, 0.1) is 0 Å². The minimum atomic E-state index is 0. The molecule has 0 amide bonds. The number of benzene rings is 1. The summed E-state index contributed by atoms with van der Waals surface area (Å²) in [7, 11) is 1.87. The molecule has 2 N–H and O–H groups in total. The predicted molar refractivity (Wildman–Crippen MR) is 144 cm³/mol. The zero-order chi connectivity index (χ0) is 21.5. The minimum absolute atomic E-state index is 0. The van der Waals surface area contributed by atoms with Crippen LogP contribution in [0.1, 0.15) is 29.8 Å². The highest BCUT2D eigenvalue weighted by Crippen LogP contribution is 2.25. The van der Waals surface area contributed by atoms with E-state index in [-0.39, 0.29) is 24.0 Å². The van der Waals surface area contributed by atoms with Gasteiger partial charge in [-0.1, -0.05) is 36.4 Å². The fourth-order valence-corrected chi connectivity index (χ4v) is 5.46. The number of nitrogens with zero attached hydrogens (tertiary/aromatic N) is 3. The average molecular weight is 570 g/mol.